The van der Waals surface area contributed by atoms with Crippen molar-refractivity contribution in [2.45, 2.75) is 12.5 Å². The second-order valence-corrected chi connectivity index (χ2v) is 2.79. The van der Waals surface area contributed by atoms with E-state index in [1.807, 2.05) is 18.2 Å². The molecule has 1 aliphatic rings. The Bertz CT molecular complexity index is 256. The van der Waals surface area contributed by atoms with Crippen molar-refractivity contribution in [1.82, 2.24) is 0 Å². The number of hydrogen-bond acceptors (Lipinski definition) is 2. The van der Waals surface area contributed by atoms with Crippen molar-refractivity contribution in [3.63, 3.8) is 0 Å². The Balaban J connectivity index is 0.000000720. The molecule has 2 rings (SSSR count). The Morgan fingerprint density at radius 2 is 2.08 bits per heavy atom. The van der Waals surface area contributed by atoms with Crippen LogP contribution in [0.25, 0.3) is 0 Å². The number of rotatable bonds is 2. The van der Waals surface area contributed by atoms with Crippen molar-refractivity contribution in [3.05, 3.63) is 29.8 Å². The largest absolute Gasteiger partial charge is 0.508 e. The van der Waals surface area contributed by atoms with Gasteiger partial charge in [-0.25, -0.2) is 0 Å². The van der Waals surface area contributed by atoms with E-state index in [2.05, 4.69) is 0 Å². The van der Waals surface area contributed by atoms with Crippen LogP contribution in [0.5, 0.6) is 5.75 Å². The Hall–Kier alpha value is -1.06. The number of para-hydroxylation sites is 1. The number of phenolic OH excluding ortho intramolecular Hbond substituents is 1. The summed E-state index contributed by atoms with van der Waals surface area (Å²) in [5.41, 5.74) is 0.981. The lowest BCUT2D eigenvalue weighted by Crippen LogP contribution is -1.92. The molecule has 1 heterocycles. The molecular formula is C9H12O3. The molecule has 0 radical (unpaired) electrons. The summed E-state index contributed by atoms with van der Waals surface area (Å²) in [6.45, 7) is 0.842. The van der Waals surface area contributed by atoms with Crippen molar-refractivity contribution in [3.8, 4) is 5.75 Å². The Morgan fingerprint density at radius 1 is 1.42 bits per heavy atom. The third kappa shape index (κ3) is 1.96. The topological polar surface area (TPSA) is 64.3 Å². The van der Waals surface area contributed by atoms with E-state index < -0.39 is 0 Å². The van der Waals surface area contributed by atoms with E-state index in [4.69, 9.17) is 4.74 Å². The van der Waals surface area contributed by atoms with E-state index in [1.54, 1.807) is 6.07 Å². The first-order chi connectivity index (χ1) is 5.36. The van der Waals surface area contributed by atoms with Gasteiger partial charge in [0.15, 0.2) is 0 Å². The lowest BCUT2D eigenvalue weighted by atomic mass is 10.1. The van der Waals surface area contributed by atoms with Crippen LogP contribution in [0, 0.1) is 0 Å². The molecule has 3 nitrogen and oxygen atoms in total. The van der Waals surface area contributed by atoms with Gasteiger partial charge in [0.05, 0.1) is 12.7 Å². The van der Waals surface area contributed by atoms with Crippen molar-refractivity contribution in [2.75, 3.05) is 6.61 Å². The van der Waals surface area contributed by atoms with E-state index in [1.165, 1.54) is 0 Å². The molecule has 66 valence electrons. The van der Waals surface area contributed by atoms with Crippen LogP contribution in [0.1, 0.15) is 5.56 Å². The molecule has 3 heteroatoms. The van der Waals surface area contributed by atoms with E-state index in [0.717, 1.165) is 18.6 Å². The average Bonchev–Trinajstić information content (AvgIpc) is 2.78. The standard InChI is InChI=1S/C9H10O2.H2O/c10-9-4-2-1-3-7(9)5-8-6-11-8;/h1-4,8,10H,5-6H2;1H2. The molecule has 1 aliphatic heterocycles. The highest BCUT2D eigenvalue weighted by Crippen LogP contribution is 2.22. The summed E-state index contributed by atoms with van der Waals surface area (Å²) in [5, 5.41) is 9.33. The van der Waals surface area contributed by atoms with Crippen molar-refractivity contribution >= 4 is 0 Å². The summed E-state index contributed by atoms with van der Waals surface area (Å²) >= 11 is 0. The summed E-state index contributed by atoms with van der Waals surface area (Å²) < 4.78 is 5.06. The first-order valence-electron chi connectivity index (χ1n) is 3.75. The Morgan fingerprint density at radius 3 is 2.67 bits per heavy atom. The third-order valence-electron chi connectivity index (χ3n) is 1.84. The summed E-state index contributed by atoms with van der Waals surface area (Å²) in [7, 11) is 0. The summed E-state index contributed by atoms with van der Waals surface area (Å²) in [6.07, 6.45) is 1.19. The fraction of sp³-hybridized carbons (Fsp3) is 0.333. The third-order valence-corrected chi connectivity index (χ3v) is 1.84. The quantitative estimate of drug-likeness (QED) is 0.654. The maximum absolute atomic E-state index is 9.33. The van der Waals surface area contributed by atoms with Gasteiger partial charge < -0.3 is 15.3 Å². The zero-order valence-electron chi connectivity index (χ0n) is 6.66. The molecule has 0 amide bonds. The zero-order chi connectivity index (χ0) is 7.68. The molecule has 12 heavy (non-hydrogen) atoms. The second-order valence-electron chi connectivity index (χ2n) is 2.79. The molecule has 0 spiro atoms. The molecule has 1 atom stereocenters. The van der Waals surface area contributed by atoms with Gasteiger partial charge in [-0.05, 0) is 11.6 Å². The molecule has 1 aromatic carbocycles. The van der Waals surface area contributed by atoms with Crippen LogP contribution in [0.4, 0.5) is 0 Å². The lowest BCUT2D eigenvalue weighted by molar-refractivity contribution is 0.402. The van der Waals surface area contributed by atoms with Gasteiger partial charge in [0.25, 0.3) is 0 Å². The van der Waals surface area contributed by atoms with Crippen LogP contribution in [-0.4, -0.2) is 23.3 Å². The number of benzene rings is 1. The SMILES string of the molecule is O.Oc1ccccc1CC1CO1. The predicted molar refractivity (Wildman–Crippen MR) is 45.2 cm³/mol. The zero-order valence-corrected chi connectivity index (χ0v) is 6.66. The van der Waals surface area contributed by atoms with Gasteiger partial charge >= 0.3 is 0 Å². The van der Waals surface area contributed by atoms with E-state index in [0.29, 0.717) is 11.9 Å². The maximum Gasteiger partial charge on any atom is 0.118 e. The molecular weight excluding hydrogens is 156 g/mol. The van der Waals surface area contributed by atoms with Crippen LogP contribution >= 0.6 is 0 Å². The molecule has 1 unspecified atom stereocenters. The van der Waals surface area contributed by atoms with Crippen molar-refractivity contribution in [2.24, 2.45) is 0 Å². The summed E-state index contributed by atoms with van der Waals surface area (Å²) in [5.74, 6) is 0.378. The molecule has 1 fully saturated rings. The first kappa shape index (κ1) is 9.03. The average molecular weight is 168 g/mol. The lowest BCUT2D eigenvalue weighted by Gasteiger charge is -1.99. The Kier molecular flexibility index (Phi) is 2.68. The molecule has 1 saturated heterocycles. The van der Waals surface area contributed by atoms with Gasteiger partial charge in [0, 0.05) is 6.42 Å². The smallest absolute Gasteiger partial charge is 0.118 e. The first-order valence-corrected chi connectivity index (χ1v) is 3.75. The fourth-order valence-electron chi connectivity index (χ4n) is 1.11. The highest BCUT2D eigenvalue weighted by atomic mass is 16.6. The number of epoxide rings is 1. The van der Waals surface area contributed by atoms with Crippen LogP contribution in [-0.2, 0) is 11.2 Å². The normalized spacial score (nSPS) is 19.8. The van der Waals surface area contributed by atoms with Crippen molar-refractivity contribution < 1.29 is 15.3 Å². The minimum absolute atomic E-state index is 0. The predicted octanol–water partition coefficient (Wildman–Crippen LogP) is 0.509. The van der Waals surface area contributed by atoms with Crippen LogP contribution in [0.15, 0.2) is 24.3 Å². The van der Waals surface area contributed by atoms with Gasteiger partial charge in [-0.15, -0.1) is 0 Å². The monoisotopic (exact) mass is 168 g/mol. The van der Waals surface area contributed by atoms with Gasteiger partial charge in [-0.3, -0.25) is 0 Å². The fourth-order valence-corrected chi connectivity index (χ4v) is 1.11. The maximum atomic E-state index is 9.33. The van der Waals surface area contributed by atoms with E-state index >= 15 is 0 Å². The summed E-state index contributed by atoms with van der Waals surface area (Å²) in [6, 6.07) is 7.39. The molecule has 3 N–H and O–H groups in total. The van der Waals surface area contributed by atoms with Gasteiger partial charge in [0.2, 0.25) is 0 Å². The van der Waals surface area contributed by atoms with Crippen molar-refractivity contribution in [1.29, 1.82) is 0 Å². The molecule has 0 aliphatic carbocycles. The minimum Gasteiger partial charge on any atom is -0.508 e. The van der Waals surface area contributed by atoms with Crippen LogP contribution in [0.2, 0.25) is 0 Å². The summed E-state index contributed by atoms with van der Waals surface area (Å²) in [4.78, 5) is 0. The molecule has 0 bridgehead atoms. The van der Waals surface area contributed by atoms with Gasteiger partial charge in [-0.2, -0.15) is 0 Å². The molecule has 0 aromatic heterocycles. The number of ether oxygens (including phenoxy) is 1. The highest BCUT2D eigenvalue weighted by molar-refractivity contribution is 5.32. The van der Waals surface area contributed by atoms with E-state index in [9.17, 15) is 5.11 Å². The van der Waals surface area contributed by atoms with Gasteiger partial charge in [-0.1, -0.05) is 18.2 Å². The minimum atomic E-state index is 0. The number of hydrogen-bond donors (Lipinski definition) is 1. The number of aromatic hydroxyl groups is 1. The second kappa shape index (κ2) is 3.56. The molecule has 1 aromatic rings. The van der Waals surface area contributed by atoms with Crippen LogP contribution in [0.3, 0.4) is 0 Å². The van der Waals surface area contributed by atoms with Gasteiger partial charge in [0.1, 0.15) is 5.75 Å². The van der Waals surface area contributed by atoms with Crippen LogP contribution < -0.4 is 0 Å². The highest BCUT2D eigenvalue weighted by Gasteiger charge is 2.23. The molecule has 0 saturated carbocycles. The Labute approximate surface area is 70.9 Å². The number of phenols is 1. The van der Waals surface area contributed by atoms with E-state index in [-0.39, 0.29) is 5.48 Å².